The average Bonchev–Trinajstić information content (AvgIpc) is 2.43. The molecule has 0 atom stereocenters. The Bertz CT molecular complexity index is 735. The van der Waals surface area contributed by atoms with E-state index in [9.17, 15) is 14.9 Å². The van der Waals surface area contributed by atoms with E-state index in [1.54, 1.807) is 18.2 Å². The third-order valence-electron chi connectivity index (χ3n) is 2.64. The zero-order chi connectivity index (χ0) is 15.6. The molecule has 0 saturated heterocycles. The van der Waals surface area contributed by atoms with E-state index in [4.69, 9.17) is 5.73 Å². The normalized spacial score (nSPS) is 10.2. The van der Waals surface area contributed by atoms with Gasteiger partial charge in [0.05, 0.1) is 15.0 Å². The number of nitrogens with two attached hydrogens (primary N) is 1. The number of carbonyl (C=O) groups is 1. The van der Waals surface area contributed by atoms with Crippen molar-refractivity contribution in [2.24, 2.45) is 0 Å². The molecule has 2 aromatic rings. The molecule has 0 unspecified atom stereocenters. The van der Waals surface area contributed by atoms with Crippen LogP contribution in [0.2, 0.25) is 0 Å². The SMILES string of the molecule is Nc1ccc(Br)c(C(=O)Nc2ccc(Br)c([N+](=O)[O-])c2)c1. The molecule has 3 N–H and O–H groups in total. The molecular weight excluding hydrogens is 406 g/mol. The van der Waals surface area contributed by atoms with Crippen LogP contribution in [0, 0.1) is 10.1 Å². The molecule has 0 aliphatic heterocycles. The number of rotatable bonds is 3. The second-order valence-corrected chi connectivity index (χ2v) is 5.83. The summed E-state index contributed by atoms with van der Waals surface area (Å²) in [7, 11) is 0. The molecule has 2 aromatic carbocycles. The number of anilines is 2. The summed E-state index contributed by atoms with van der Waals surface area (Å²) in [5.74, 6) is -0.411. The minimum Gasteiger partial charge on any atom is -0.399 e. The fraction of sp³-hybridized carbons (Fsp3) is 0. The molecule has 8 heteroatoms. The first-order valence-electron chi connectivity index (χ1n) is 5.69. The van der Waals surface area contributed by atoms with Crippen LogP contribution in [0.15, 0.2) is 45.3 Å². The van der Waals surface area contributed by atoms with Crippen molar-refractivity contribution >= 4 is 54.8 Å². The lowest BCUT2D eigenvalue weighted by Crippen LogP contribution is -2.13. The summed E-state index contributed by atoms with van der Waals surface area (Å²) in [6, 6.07) is 9.19. The number of nitrogens with zero attached hydrogens (tertiary/aromatic N) is 1. The second kappa shape index (κ2) is 6.23. The lowest BCUT2D eigenvalue weighted by molar-refractivity contribution is -0.385. The number of halogens is 2. The lowest BCUT2D eigenvalue weighted by atomic mass is 10.2. The molecule has 108 valence electrons. The smallest absolute Gasteiger partial charge is 0.285 e. The van der Waals surface area contributed by atoms with Crippen LogP contribution in [-0.4, -0.2) is 10.8 Å². The Labute approximate surface area is 136 Å². The standard InChI is InChI=1S/C13H9Br2N3O3/c14-10-3-1-7(16)5-9(10)13(19)17-8-2-4-11(15)12(6-8)18(20)21/h1-6H,16H2,(H,17,19). The Kier molecular flexibility index (Phi) is 4.59. The molecule has 1 amide bonds. The molecule has 0 radical (unpaired) electrons. The van der Waals surface area contributed by atoms with Gasteiger partial charge in [0.15, 0.2) is 0 Å². The molecule has 21 heavy (non-hydrogen) atoms. The average molecular weight is 415 g/mol. The van der Waals surface area contributed by atoms with Crippen LogP contribution in [0.4, 0.5) is 17.1 Å². The third-order valence-corrected chi connectivity index (χ3v) is 4.00. The summed E-state index contributed by atoms with van der Waals surface area (Å²) in [6.45, 7) is 0. The molecule has 0 aromatic heterocycles. The van der Waals surface area contributed by atoms with Crippen molar-refractivity contribution in [3.05, 3.63) is 61.0 Å². The summed E-state index contributed by atoms with van der Waals surface area (Å²) in [5, 5.41) is 13.5. The first-order valence-corrected chi connectivity index (χ1v) is 7.27. The van der Waals surface area contributed by atoms with E-state index in [1.807, 2.05) is 0 Å². The largest absolute Gasteiger partial charge is 0.399 e. The van der Waals surface area contributed by atoms with E-state index in [-0.39, 0.29) is 5.69 Å². The number of nitro benzene ring substituents is 1. The third kappa shape index (κ3) is 3.59. The molecule has 0 aliphatic rings. The number of hydrogen-bond acceptors (Lipinski definition) is 4. The van der Waals surface area contributed by atoms with E-state index in [0.717, 1.165) is 0 Å². The minimum atomic E-state index is -0.532. The first kappa shape index (κ1) is 15.5. The van der Waals surface area contributed by atoms with Gasteiger partial charge in [-0.25, -0.2) is 0 Å². The number of benzene rings is 2. The van der Waals surface area contributed by atoms with Gasteiger partial charge in [-0.05, 0) is 62.2 Å². The zero-order valence-corrected chi connectivity index (χ0v) is 13.6. The summed E-state index contributed by atoms with van der Waals surface area (Å²) < 4.78 is 0.927. The predicted molar refractivity (Wildman–Crippen MR) is 87.3 cm³/mol. The Hall–Kier alpha value is -1.93. The van der Waals surface area contributed by atoms with Gasteiger partial charge in [0.2, 0.25) is 0 Å². The van der Waals surface area contributed by atoms with E-state index >= 15 is 0 Å². The van der Waals surface area contributed by atoms with E-state index < -0.39 is 10.8 Å². The number of amides is 1. The van der Waals surface area contributed by atoms with Gasteiger partial charge in [-0.15, -0.1) is 0 Å². The predicted octanol–water partition coefficient (Wildman–Crippen LogP) is 3.95. The Morgan fingerprint density at radius 1 is 1.14 bits per heavy atom. The van der Waals surface area contributed by atoms with Crippen LogP contribution in [0.3, 0.4) is 0 Å². The molecule has 0 bridgehead atoms. The van der Waals surface area contributed by atoms with E-state index in [0.29, 0.717) is 25.9 Å². The highest BCUT2D eigenvalue weighted by Gasteiger charge is 2.15. The molecule has 0 spiro atoms. The van der Waals surface area contributed by atoms with Gasteiger partial charge in [-0.3, -0.25) is 14.9 Å². The highest BCUT2D eigenvalue weighted by Crippen LogP contribution is 2.28. The maximum absolute atomic E-state index is 12.2. The highest BCUT2D eigenvalue weighted by atomic mass is 79.9. The topological polar surface area (TPSA) is 98.3 Å². The Morgan fingerprint density at radius 2 is 1.81 bits per heavy atom. The molecule has 0 fully saturated rings. The molecule has 0 saturated carbocycles. The van der Waals surface area contributed by atoms with Crippen LogP contribution in [0.5, 0.6) is 0 Å². The Morgan fingerprint density at radius 3 is 2.48 bits per heavy atom. The van der Waals surface area contributed by atoms with Crippen LogP contribution in [0.1, 0.15) is 10.4 Å². The summed E-state index contributed by atoms with van der Waals surface area (Å²) in [6.07, 6.45) is 0. The number of hydrogen-bond donors (Lipinski definition) is 2. The lowest BCUT2D eigenvalue weighted by Gasteiger charge is -2.08. The minimum absolute atomic E-state index is 0.126. The van der Waals surface area contributed by atoms with Gasteiger partial charge in [0, 0.05) is 21.9 Å². The van der Waals surface area contributed by atoms with Crippen molar-refractivity contribution in [3.8, 4) is 0 Å². The molecule has 2 rings (SSSR count). The fourth-order valence-corrected chi connectivity index (χ4v) is 2.46. The molecule has 0 aliphatic carbocycles. The van der Waals surface area contributed by atoms with Crippen molar-refractivity contribution in [3.63, 3.8) is 0 Å². The zero-order valence-electron chi connectivity index (χ0n) is 10.5. The van der Waals surface area contributed by atoms with Gasteiger partial charge >= 0.3 is 0 Å². The molecule has 6 nitrogen and oxygen atoms in total. The van der Waals surface area contributed by atoms with E-state index in [2.05, 4.69) is 37.2 Å². The molecule has 0 heterocycles. The molecular formula is C13H9Br2N3O3. The van der Waals surface area contributed by atoms with Crippen molar-refractivity contribution in [1.29, 1.82) is 0 Å². The Balaban J connectivity index is 2.29. The number of nitrogens with one attached hydrogen (secondary N) is 1. The van der Waals surface area contributed by atoms with Gasteiger partial charge in [0.1, 0.15) is 0 Å². The second-order valence-electron chi connectivity index (χ2n) is 4.12. The van der Waals surface area contributed by atoms with Crippen LogP contribution in [-0.2, 0) is 0 Å². The van der Waals surface area contributed by atoms with Crippen LogP contribution >= 0.6 is 31.9 Å². The quantitative estimate of drug-likeness (QED) is 0.451. The fourth-order valence-electron chi connectivity index (χ4n) is 1.65. The van der Waals surface area contributed by atoms with Gasteiger partial charge < -0.3 is 11.1 Å². The summed E-state index contributed by atoms with van der Waals surface area (Å²) in [5.41, 5.74) is 6.64. The van der Waals surface area contributed by atoms with Crippen molar-refractivity contribution in [2.45, 2.75) is 0 Å². The summed E-state index contributed by atoms with van der Waals surface area (Å²) >= 11 is 6.35. The maximum atomic E-state index is 12.2. The first-order chi connectivity index (χ1) is 9.88. The van der Waals surface area contributed by atoms with Crippen LogP contribution in [0.25, 0.3) is 0 Å². The number of nitrogen functional groups attached to an aromatic ring is 1. The van der Waals surface area contributed by atoms with Crippen molar-refractivity contribution < 1.29 is 9.72 Å². The van der Waals surface area contributed by atoms with Crippen LogP contribution < -0.4 is 11.1 Å². The maximum Gasteiger partial charge on any atom is 0.285 e. The van der Waals surface area contributed by atoms with Gasteiger partial charge in [0.25, 0.3) is 11.6 Å². The monoisotopic (exact) mass is 413 g/mol. The number of nitro groups is 1. The highest BCUT2D eigenvalue weighted by molar-refractivity contribution is 9.10. The van der Waals surface area contributed by atoms with Gasteiger partial charge in [-0.1, -0.05) is 0 Å². The van der Waals surface area contributed by atoms with Crippen molar-refractivity contribution in [2.75, 3.05) is 11.1 Å². The van der Waals surface area contributed by atoms with Gasteiger partial charge in [-0.2, -0.15) is 0 Å². The number of carbonyl (C=O) groups excluding carboxylic acids is 1. The summed E-state index contributed by atoms with van der Waals surface area (Å²) in [4.78, 5) is 22.5. The van der Waals surface area contributed by atoms with E-state index in [1.165, 1.54) is 18.2 Å². The van der Waals surface area contributed by atoms with Crippen molar-refractivity contribution in [1.82, 2.24) is 0 Å².